The summed E-state index contributed by atoms with van der Waals surface area (Å²) in [4.78, 5) is 29.3. The Bertz CT molecular complexity index is 860. The van der Waals surface area contributed by atoms with Crippen LogP contribution in [-0.4, -0.2) is 51.9 Å². The maximum absolute atomic E-state index is 12.7. The first kappa shape index (κ1) is 16.2. The number of piperazine rings is 1. The first-order valence-electron chi connectivity index (χ1n) is 8.62. The molecule has 0 atom stereocenters. The smallest absolute Gasteiger partial charge is 0.255 e. The van der Waals surface area contributed by atoms with E-state index in [0.717, 1.165) is 24.3 Å². The minimum absolute atomic E-state index is 0.0288. The average molecular weight is 345 g/mol. The summed E-state index contributed by atoms with van der Waals surface area (Å²) in [7, 11) is 0. The maximum atomic E-state index is 12.7. The van der Waals surface area contributed by atoms with Gasteiger partial charge in [0.15, 0.2) is 0 Å². The number of amides is 1. The van der Waals surface area contributed by atoms with E-state index in [9.17, 15) is 4.79 Å². The molecule has 0 radical (unpaired) electrons. The molecule has 0 unspecified atom stereocenters. The standard InChI is InChI=1S/C20H19N5O/c26-20(16-6-7-19(23-14-16)17-12-21-15-22-13-17)25-10-8-24(9-11-25)18-4-2-1-3-5-18/h1-7,12-15H,8-11H2. The first-order valence-corrected chi connectivity index (χ1v) is 8.62. The number of aromatic nitrogens is 3. The molecule has 1 saturated heterocycles. The van der Waals surface area contributed by atoms with Gasteiger partial charge in [-0.25, -0.2) is 9.97 Å². The highest BCUT2D eigenvalue weighted by molar-refractivity contribution is 5.94. The van der Waals surface area contributed by atoms with Crippen molar-refractivity contribution in [2.75, 3.05) is 31.1 Å². The fourth-order valence-corrected chi connectivity index (χ4v) is 3.11. The van der Waals surface area contributed by atoms with Gasteiger partial charge in [0.05, 0.1) is 11.3 Å². The largest absolute Gasteiger partial charge is 0.368 e. The van der Waals surface area contributed by atoms with Crippen LogP contribution in [-0.2, 0) is 0 Å². The van der Waals surface area contributed by atoms with E-state index in [1.807, 2.05) is 35.2 Å². The molecule has 0 aliphatic carbocycles. The quantitative estimate of drug-likeness (QED) is 0.730. The maximum Gasteiger partial charge on any atom is 0.255 e. The van der Waals surface area contributed by atoms with E-state index in [4.69, 9.17) is 0 Å². The van der Waals surface area contributed by atoms with Crippen LogP contribution >= 0.6 is 0 Å². The van der Waals surface area contributed by atoms with Crippen LogP contribution in [0.2, 0.25) is 0 Å². The van der Waals surface area contributed by atoms with Crippen LogP contribution in [0, 0.1) is 0 Å². The minimum Gasteiger partial charge on any atom is -0.368 e. The summed E-state index contributed by atoms with van der Waals surface area (Å²) in [6.07, 6.45) is 6.53. The minimum atomic E-state index is 0.0288. The Morgan fingerprint density at radius 1 is 0.846 bits per heavy atom. The third-order valence-electron chi connectivity index (χ3n) is 4.55. The van der Waals surface area contributed by atoms with Gasteiger partial charge in [-0.15, -0.1) is 0 Å². The zero-order chi connectivity index (χ0) is 17.8. The van der Waals surface area contributed by atoms with Gasteiger partial charge >= 0.3 is 0 Å². The number of rotatable bonds is 3. The summed E-state index contributed by atoms with van der Waals surface area (Å²) in [5.74, 6) is 0.0288. The van der Waals surface area contributed by atoms with E-state index in [1.165, 1.54) is 12.0 Å². The van der Waals surface area contributed by atoms with Crippen LogP contribution < -0.4 is 4.90 Å². The van der Waals surface area contributed by atoms with Crippen molar-refractivity contribution in [1.82, 2.24) is 19.9 Å². The van der Waals surface area contributed by atoms with Gasteiger partial charge in [0, 0.05) is 56.0 Å². The fourth-order valence-electron chi connectivity index (χ4n) is 3.11. The molecule has 6 heteroatoms. The molecule has 3 aromatic rings. The van der Waals surface area contributed by atoms with E-state index < -0.39 is 0 Å². The van der Waals surface area contributed by atoms with E-state index in [0.29, 0.717) is 18.7 Å². The van der Waals surface area contributed by atoms with Gasteiger partial charge in [-0.05, 0) is 24.3 Å². The summed E-state index contributed by atoms with van der Waals surface area (Å²) in [5.41, 5.74) is 3.41. The second-order valence-electron chi connectivity index (χ2n) is 6.17. The predicted molar refractivity (Wildman–Crippen MR) is 99.8 cm³/mol. The number of carbonyl (C=O) groups excluding carboxylic acids is 1. The highest BCUT2D eigenvalue weighted by Crippen LogP contribution is 2.18. The molecule has 0 saturated carbocycles. The van der Waals surface area contributed by atoms with Gasteiger partial charge in [0.2, 0.25) is 0 Å². The molecule has 26 heavy (non-hydrogen) atoms. The Labute approximate surface area is 152 Å². The number of benzene rings is 1. The molecule has 1 aromatic carbocycles. The molecule has 0 spiro atoms. The van der Waals surface area contributed by atoms with Crippen LogP contribution in [0.5, 0.6) is 0 Å². The Morgan fingerprint density at radius 3 is 2.23 bits per heavy atom. The third kappa shape index (κ3) is 3.39. The number of nitrogens with zero attached hydrogens (tertiary/aromatic N) is 5. The Kier molecular flexibility index (Phi) is 4.55. The predicted octanol–water partition coefficient (Wildman–Crippen LogP) is 2.50. The molecule has 2 aromatic heterocycles. The molecule has 6 nitrogen and oxygen atoms in total. The van der Waals surface area contributed by atoms with Crippen molar-refractivity contribution in [2.24, 2.45) is 0 Å². The third-order valence-corrected chi connectivity index (χ3v) is 4.55. The summed E-state index contributed by atoms with van der Waals surface area (Å²) < 4.78 is 0. The van der Waals surface area contributed by atoms with Crippen molar-refractivity contribution < 1.29 is 4.79 Å². The van der Waals surface area contributed by atoms with Crippen molar-refractivity contribution in [3.8, 4) is 11.3 Å². The van der Waals surface area contributed by atoms with Crippen molar-refractivity contribution in [3.05, 3.63) is 72.9 Å². The van der Waals surface area contributed by atoms with E-state index in [2.05, 4.69) is 32.0 Å². The summed E-state index contributed by atoms with van der Waals surface area (Å²) in [5, 5.41) is 0. The SMILES string of the molecule is O=C(c1ccc(-c2cncnc2)nc1)N1CCN(c2ccccc2)CC1. The lowest BCUT2D eigenvalue weighted by Crippen LogP contribution is -2.48. The van der Waals surface area contributed by atoms with Crippen LogP contribution in [0.4, 0.5) is 5.69 Å². The van der Waals surface area contributed by atoms with E-state index in [1.54, 1.807) is 18.6 Å². The zero-order valence-electron chi connectivity index (χ0n) is 14.3. The molecule has 0 bridgehead atoms. The summed E-state index contributed by atoms with van der Waals surface area (Å²) >= 11 is 0. The van der Waals surface area contributed by atoms with Gasteiger partial charge in [0.1, 0.15) is 6.33 Å². The zero-order valence-corrected chi connectivity index (χ0v) is 14.3. The van der Waals surface area contributed by atoms with Crippen LogP contribution in [0.1, 0.15) is 10.4 Å². The van der Waals surface area contributed by atoms with Crippen molar-refractivity contribution in [1.29, 1.82) is 0 Å². The van der Waals surface area contributed by atoms with Gasteiger partial charge < -0.3 is 9.80 Å². The van der Waals surface area contributed by atoms with Crippen LogP contribution in [0.3, 0.4) is 0 Å². The van der Waals surface area contributed by atoms with Crippen LogP contribution in [0.25, 0.3) is 11.3 Å². The number of anilines is 1. The monoisotopic (exact) mass is 345 g/mol. The number of pyridine rings is 1. The van der Waals surface area contributed by atoms with Gasteiger partial charge in [-0.2, -0.15) is 0 Å². The summed E-state index contributed by atoms with van der Waals surface area (Å²) in [6, 6.07) is 14.0. The average Bonchev–Trinajstić information content (AvgIpc) is 2.75. The van der Waals surface area contributed by atoms with Crippen molar-refractivity contribution >= 4 is 11.6 Å². The first-order chi connectivity index (χ1) is 12.8. The molecule has 4 rings (SSSR count). The Hall–Kier alpha value is -3.28. The van der Waals surface area contributed by atoms with E-state index in [-0.39, 0.29) is 5.91 Å². The Balaban J connectivity index is 1.41. The van der Waals surface area contributed by atoms with Crippen molar-refractivity contribution in [2.45, 2.75) is 0 Å². The molecule has 1 fully saturated rings. The van der Waals surface area contributed by atoms with Gasteiger partial charge in [-0.1, -0.05) is 18.2 Å². The molecular formula is C20H19N5O. The molecule has 3 heterocycles. The molecule has 0 N–H and O–H groups in total. The van der Waals surface area contributed by atoms with Crippen molar-refractivity contribution in [3.63, 3.8) is 0 Å². The normalized spacial score (nSPS) is 14.3. The van der Waals surface area contributed by atoms with Crippen LogP contribution in [0.15, 0.2) is 67.4 Å². The summed E-state index contributed by atoms with van der Waals surface area (Å²) in [6.45, 7) is 3.09. The second-order valence-corrected chi connectivity index (χ2v) is 6.17. The lowest BCUT2D eigenvalue weighted by molar-refractivity contribution is 0.0746. The topological polar surface area (TPSA) is 62.2 Å². The number of para-hydroxylation sites is 1. The lowest BCUT2D eigenvalue weighted by atomic mass is 10.1. The second kappa shape index (κ2) is 7.31. The fraction of sp³-hybridized carbons (Fsp3) is 0.200. The molecule has 1 aliphatic heterocycles. The highest BCUT2D eigenvalue weighted by Gasteiger charge is 2.22. The Morgan fingerprint density at radius 2 is 1.58 bits per heavy atom. The highest BCUT2D eigenvalue weighted by atomic mass is 16.2. The molecule has 1 aliphatic rings. The number of hydrogen-bond acceptors (Lipinski definition) is 5. The van der Waals surface area contributed by atoms with Gasteiger partial charge in [0.25, 0.3) is 5.91 Å². The number of carbonyl (C=O) groups is 1. The molecular weight excluding hydrogens is 326 g/mol. The molecule has 130 valence electrons. The van der Waals surface area contributed by atoms with E-state index >= 15 is 0 Å². The molecule has 1 amide bonds. The lowest BCUT2D eigenvalue weighted by Gasteiger charge is -2.36. The van der Waals surface area contributed by atoms with Gasteiger partial charge in [-0.3, -0.25) is 9.78 Å². The number of hydrogen-bond donors (Lipinski definition) is 0.